The van der Waals surface area contributed by atoms with Crippen LogP contribution in [0.15, 0.2) is 75.9 Å². The maximum atomic E-state index is 12.9. The topological polar surface area (TPSA) is 81.4 Å². The van der Waals surface area contributed by atoms with Crippen LogP contribution in [-0.4, -0.2) is 18.0 Å². The molecule has 0 atom stereocenters. The standard InChI is InChI=1S/C29H24N2O4S/c1-16-5-11-25-22(13-16)23(32)15-26(35-25)19-6-8-20(9-7-19)28(33)31-29-30-27(18(3)36-29)21-10-12-24(34-4)17(2)14-21/h5-15H,1-4H3,(H,30,31,33). The highest BCUT2D eigenvalue weighted by Gasteiger charge is 2.15. The number of hydrogen-bond acceptors (Lipinski definition) is 6. The number of methoxy groups -OCH3 is 1. The minimum atomic E-state index is -0.261. The summed E-state index contributed by atoms with van der Waals surface area (Å²) in [6.45, 7) is 5.90. The second-order valence-electron chi connectivity index (χ2n) is 8.61. The van der Waals surface area contributed by atoms with Gasteiger partial charge in [-0.25, -0.2) is 4.98 Å². The highest BCUT2D eigenvalue weighted by atomic mass is 32.1. The molecule has 5 aromatic rings. The highest BCUT2D eigenvalue weighted by molar-refractivity contribution is 7.16. The number of ether oxygens (including phenoxy) is 1. The number of aryl methyl sites for hydroxylation is 3. The first kappa shape index (κ1) is 23.5. The lowest BCUT2D eigenvalue weighted by atomic mass is 10.1. The van der Waals surface area contributed by atoms with Crippen molar-refractivity contribution in [2.45, 2.75) is 20.8 Å². The van der Waals surface area contributed by atoms with Crippen molar-refractivity contribution in [3.63, 3.8) is 0 Å². The zero-order valence-corrected chi connectivity index (χ0v) is 21.2. The van der Waals surface area contributed by atoms with E-state index in [1.54, 1.807) is 37.4 Å². The summed E-state index contributed by atoms with van der Waals surface area (Å²) in [5, 5.41) is 3.98. The van der Waals surface area contributed by atoms with Gasteiger partial charge >= 0.3 is 0 Å². The number of carbonyl (C=O) groups excluding carboxylic acids is 1. The Labute approximate surface area is 212 Å². The van der Waals surface area contributed by atoms with E-state index < -0.39 is 0 Å². The summed E-state index contributed by atoms with van der Waals surface area (Å²) in [6.07, 6.45) is 0. The molecule has 0 saturated carbocycles. The van der Waals surface area contributed by atoms with Gasteiger partial charge in [0.25, 0.3) is 5.91 Å². The molecule has 0 aliphatic carbocycles. The number of carbonyl (C=O) groups is 1. The lowest BCUT2D eigenvalue weighted by Crippen LogP contribution is -2.11. The fraction of sp³-hybridized carbons (Fsp3) is 0.138. The van der Waals surface area contributed by atoms with Crippen LogP contribution in [0.4, 0.5) is 5.13 Å². The smallest absolute Gasteiger partial charge is 0.257 e. The molecule has 0 saturated heterocycles. The Kier molecular flexibility index (Phi) is 6.16. The second-order valence-corrected chi connectivity index (χ2v) is 9.82. The van der Waals surface area contributed by atoms with Crippen molar-refractivity contribution in [1.29, 1.82) is 0 Å². The van der Waals surface area contributed by atoms with E-state index in [9.17, 15) is 9.59 Å². The van der Waals surface area contributed by atoms with E-state index in [2.05, 4.69) is 10.3 Å². The molecule has 0 radical (unpaired) electrons. The number of nitrogens with zero attached hydrogens (tertiary/aromatic N) is 1. The minimum absolute atomic E-state index is 0.0984. The molecule has 0 unspecified atom stereocenters. The molecule has 5 rings (SSSR count). The first-order valence-corrected chi connectivity index (χ1v) is 12.2. The molecule has 1 amide bonds. The zero-order valence-electron chi connectivity index (χ0n) is 20.3. The van der Waals surface area contributed by atoms with Gasteiger partial charge in [0, 0.05) is 27.6 Å². The SMILES string of the molecule is COc1ccc(-c2nc(NC(=O)c3ccc(-c4cc(=O)c5cc(C)ccc5o4)cc3)sc2C)cc1C. The number of aromatic nitrogens is 1. The van der Waals surface area contributed by atoms with Gasteiger partial charge in [-0.05, 0) is 68.8 Å². The molecule has 3 aromatic carbocycles. The third kappa shape index (κ3) is 4.53. The van der Waals surface area contributed by atoms with Crippen LogP contribution in [0.3, 0.4) is 0 Å². The summed E-state index contributed by atoms with van der Waals surface area (Å²) < 4.78 is 11.3. The number of thiazole rings is 1. The fourth-order valence-corrected chi connectivity index (χ4v) is 4.94. The summed E-state index contributed by atoms with van der Waals surface area (Å²) in [5.74, 6) is 1.02. The molecule has 0 fully saturated rings. The Hall–Kier alpha value is -4.23. The molecule has 1 N–H and O–H groups in total. The van der Waals surface area contributed by atoms with Gasteiger partial charge in [-0.3, -0.25) is 14.9 Å². The lowest BCUT2D eigenvalue weighted by molar-refractivity contribution is 0.102. The third-order valence-electron chi connectivity index (χ3n) is 6.00. The van der Waals surface area contributed by atoms with Crippen molar-refractivity contribution in [2.24, 2.45) is 0 Å². The summed E-state index contributed by atoms with van der Waals surface area (Å²) in [6, 6.07) is 19.9. The van der Waals surface area contributed by atoms with E-state index >= 15 is 0 Å². The summed E-state index contributed by atoms with van der Waals surface area (Å²) in [5.41, 5.74) is 5.45. The van der Waals surface area contributed by atoms with Gasteiger partial charge in [0.15, 0.2) is 10.6 Å². The molecule has 36 heavy (non-hydrogen) atoms. The number of amides is 1. The van der Waals surface area contributed by atoms with E-state index in [0.717, 1.165) is 33.0 Å². The molecular weight excluding hydrogens is 472 g/mol. The van der Waals surface area contributed by atoms with Gasteiger partial charge in [0.1, 0.15) is 17.1 Å². The molecular formula is C29H24N2O4S. The van der Waals surface area contributed by atoms with Crippen molar-refractivity contribution in [1.82, 2.24) is 4.98 Å². The number of hydrogen-bond donors (Lipinski definition) is 1. The van der Waals surface area contributed by atoms with Gasteiger partial charge in [-0.1, -0.05) is 23.8 Å². The number of benzene rings is 3. The van der Waals surface area contributed by atoms with Crippen LogP contribution in [0.2, 0.25) is 0 Å². The third-order valence-corrected chi connectivity index (χ3v) is 6.89. The highest BCUT2D eigenvalue weighted by Crippen LogP contribution is 2.33. The molecule has 6 nitrogen and oxygen atoms in total. The van der Waals surface area contributed by atoms with Gasteiger partial charge in [0.05, 0.1) is 18.2 Å². The predicted molar refractivity (Wildman–Crippen MR) is 144 cm³/mol. The van der Waals surface area contributed by atoms with Crippen LogP contribution in [0, 0.1) is 20.8 Å². The Balaban J connectivity index is 1.35. The van der Waals surface area contributed by atoms with Crippen LogP contribution in [-0.2, 0) is 0 Å². The summed E-state index contributed by atoms with van der Waals surface area (Å²) >= 11 is 1.43. The minimum Gasteiger partial charge on any atom is -0.496 e. The maximum absolute atomic E-state index is 12.9. The Morgan fingerprint density at radius 3 is 2.42 bits per heavy atom. The number of anilines is 1. The quantitative estimate of drug-likeness (QED) is 0.290. The molecule has 0 spiro atoms. The largest absolute Gasteiger partial charge is 0.496 e. The molecule has 0 bridgehead atoms. The van der Waals surface area contributed by atoms with Crippen LogP contribution in [0.5, 0.6) is 5.75 Å². The van der Waals surface area contributed by atoms with E-state index in [1.165, 1.54) is 17.4 Å². The Bertz CT molecular complexity index is 1670. The average Bonchev–Trinajstić information content (AvgIpc) is 3.24. The molecule has 7 heteroatoms. The second kappa shape index (κ2) is 9.43. The summed E-state index contributed by atoms with van der Waals surface area (Å²) in [7, 11) is 1.65. The first-order valence-electron chi connectivity index (χ1n) is 11.4. The van der Waals surface area contributed by atoms with E-state index in [4.69, 9.17) is 9.15 Å². The van der Waals surface area contributed by atoms with Crippen molar-refractivity contribution in [2.75, 3.05) is 12.4 Å². The normalized spacial score (nSPS) is 11.0. The zero-order chi connectivity index (χ0) is 25.4. The number of rotatable bonds is 5. The Morgan fingerprint density at radius 2 is 1.69 bits per heavy atom. The molecule has 2 aromatic heterocycles. The van der Waals surface area contributed by atoms with Crippen LogP contribution >= 0.6 is 11.3 Å². The number of fused-ring (bicyclic) bond motifs is 1. The lowest BCUT2D eigenvalue weighted by Gasteiger charge is -2.06. The maximum Gasteiger partial charge on any atom is 0.257 e. The van der Waals surface area contributed by atoms with Crippen LogP contribution in [0.1, 0.15) is 26.4 Å². The van der Waals surface area contributed by atoms with Crippen molar-refractivity contribution in [3.8, 4) is 28.3 Å². The molecule has 0 aliphatic heterocycles. The van der Waals surface area contributed by atoms with Gasteiger partial charge < -0.3 is 9.15 Å². The first-order chi connectivity index (χ1) is 17.3. The fourth-order valence-electron chi connectivity index (χ4n) is 4.11. The summed E-state index contributed by atoms with van der Waals surface area (Å²) in [4.78, 5) is 31.1. The van der Waals surface area contributed by atoms with Crippen molar-refractivity contribution >= 4 is 33.3 Å². The van der Waals surface area contributed by atoms with Gasteiger partial charge in [-0.2, -0.15) is 0 Å². The van der Waals surface area contributed by atoms with E-state index in [0.29, 0.717) is 33.0 Å². The molecule has 2 heterocycles. The molecule has 180 valence electrons. The average molecular weight is 497 g/mol. The van der Waals surface area contributed by atoms with Crippen molar-refractivity contribution in [3.05, 3.63) is 98.5 Å². The van der Waals surface area contributed by atoms with E-state index in [-0.39, 0.29) is 11.3 Å². The molecule has 0 aliphatic rings. The van der Waals surface area contributed by atoms with Gasteiger partial charge in [0.2, 0.25) is 0 Å². The monoisotopic (exact) mass is 496 g/mol. The number of nitrogens with one attached hydrogen (secondary N) is 1. The van der Waals surface area contributed by atoms with Crippen LogP contribution < -0.4 is 15.5 Å². The van der Waals surface area contributed by atoms with Crippen LogP contribution in [0.25, 0.3) is 33.6 Å². The van der Waals surface area contributed by atoms with Gasteiger partial charge in [-0.15, -0.1) is 11.3 Å². The van der Waals surface area contributed by atoms with E-state index in [1.807, 2.05) is 51.1 Å². The van der Waals surface area contributed by atoms with Crippen molar-refractivity contribution < 1.29 is 13.9 Å². The predicted octanol–water partition coefficient (Wildman–Crippen LogP) is 6.77. The Morgan fingerprint density at radius 1 is 0.944 bits per heavy atom.